The maximum absolute atomic E-state index is 11.2. The minimum absolute atomic E-state index is 0.167. The molecule has 96 valence electrons. The van der Waals surface area contributed by atoms with Crippen LogP contribution in [0, 0.1) is 5.41 Å². The number of rotatable bonds is 4. The summed E-state index contributed by atoms with van der Waals surface area (Å²) in [5, 5.41) is 3.42. The van der Waals surface area contributed by atoms with Crippen LogP contribution >= 0.6 is 0 Å². The van der Waals surface area contributed by atoms with E-state index in [4.69, 9.17) is 5.73 Å². The van der Waals surface area contributed by atoms with Gasteiger partial charge in [0.2, 0.25) is 0 Å². The lowest BCUT2D eigenvalue weighted by Gasteiger charge is -2.41. The monoisotopic (exact) mass is 246 g/mol. The summed E-state index contributed by atoms with van der Waals surface area (Å²) in [5.41, 5.74) is 8.64. The van der Waals surface area contributed by atoms with Crippen molar-refractivity contribution in [1.29, 1.82) is 0 Å². The highest BCUT2D eigenvalue weighted by atomic mass is 16.1. The number of H-pyrrole nitrogens is 2. The van der Waals surface area contributed by atoms with Crippen LogP contribution in [0.25, 0.3) is 11.0 Å². The van der Waals surface area contributed by atoms with Gasteiger partial charge >= 0.3 is 5.69 Å². The molecule has 1 aromatic heterocycles. The highest BCUT2D eigenvalue weighted by Gasteiger charge is 2.35. The molecule has 1 heterocycles. The number of nitrogens with two attached hydrogens (primary N) is 1. The molecule has 5 heteroatoms. The third kappa shape index (κ3) is 1.90. The summed E-state index contributed by atoms with van der Waals surface area (Å²) in [5.74, 6) is 0. The number of hydrogen-bond acceptors (Lipinski definition) is 3. The zero-order chi connectivity index (χ0) is 12.6. The molecule has 0 saturated heterocycles. The predicted molar refractivity (Wildman–Crippen MR) is 72.7 cm³/mol. The average Bonchev–Trinajstić information content (AvgIpc) is 2.67. The summed E-state index contributed by atoms with van der Waals surface area (Å²) < 4.78 is 0. The molecule has 0 spiro atoms. The fourth-order valence-electron chi connectivity index (χ4n) is 2.56. The van der Waals surface area contributed by atoms with E-state index in [0.29, 0.717) is 0 Å². The van der Waals surface area contributed by atoms with Crippen molar-refractivity contribution >= 4 is 16.7 Å². The molecule has 1 aromatic carbocycles. The minimum atomic E-state index is -0.167. The van der Waals surface area contributed by atoms with E-state index in [1.165, 1.54) is 19.3 Å². The molecule has 5 N–H and O–H groups in total. The quantitative estimate of drug-likeness (QED) is 0.657. The second-order valence-electron chi connectivity index (χ2n) is 5.25. The number of aromatic nitrogens is 2. The second kappa shape index (κ2) is 4.17. The van der Waals surface area contributed by atoms with E-state index in [2.05, 4.69) is 15.3 Å². The van der Waals surface area contributed by atoms with Gasteiger partial charge in [-0.1, -0.05) is 6.42 Å². The van der Waals surface area contributed by atoms with E-state index in [-0.39, 0.29) is 11.1 Å². The topological polar surface area (TPSA) is 86.7 Å². The molecule has 2 aromatic rings. The zero-order valence-corrected chi connectivity index (χ0v) is 10.3. The fourth-order valence-corrected chi connectivity index (χ4v) is 2.56. The zero-order valence-electron chi connectivity index (χ0n) is 10.3. The number of hydrogen-bond donors (Lipinski definition) is 4. The molecule has 1 aliphatic rings. The van der Waals surface area contributed by atoms with Crippen molar-refractivity contribution in [3.8, 4) is 0 Å². The van der Waals surface area contributed by atoms with Gasteiger partial charge < -0.3 is 21.0 Å². The molecule has 1 aliphatic carbocycles. The van der Waals surface area contributed by atoms with Crippen molar-refractivity contribution < 1.29 is 0 Å². The summed E-state index contributed by atoms with van der Waals surface area (Å²) in [6.45, 7) is 1.65. The molecule has 5 nitrogen and oxygen atoms in total. The first-order chi connectivity index (χ1) is 8.71. The molecule has 0 aliphatic heterocycles. The summed E-state index contributed by atoms with van der Waals surface area (Å²) in [6.07, 6.45) is 3.70. The smallest absolute Gasteiger partial charge is 0.323 e. The minimum Gasteiger partial charge on any atom is -0.384 e. The SMILES string of the molecule is NCC1(CNc2ccc3[nH]c(=O)[nH]c3c2)CCC1. The Morgan fingerprint density at radius 2 is 2.06 bits per heavy atom. The average molecular weight is 246 g/mol. The predicted octanol–water partition coefficient (Wildman–Crippen LogP) is 1.40. The number of fused-ring (bicyclic) bond motifs is 1. The van der Waals surface area contributed by atoms with Gasteiger partial charge in [0.1, 0.15) is 0 Å². The van der Waals surface area contributed by atoms with Gasteiger partial charge in [0.25, 0.3) is 0 Å². The lowest BCUT2D eigenvalue weighted by atomic mass is 9.69. The van der Waals surface area contributed by atoms with E-state index in [1.807, 2.05) is 18.2 Å². The molecular formula is C13H18N4O. The van der Waals surface area contributed by atoms with Crippen LogP contribution in [0.3, 0.4) is 0 Å². The molecule has 0 unspecified atom stereocenters. The van der Waals surface area contributed by atoms with Crippen LogP contribution in [0.5, 0.6) is 0 Å². The maximum atomic E-state index is 11.2. The van der Waals surface area contributed by atoms with E-state index in [9.17, 15) is 4.79 Å². The van der Waals surface area contributed by atoms with Crippen LogP contribution in [-0.2, 0) is 0 Å². The Bertz CT molecular complexity index is 603. The second-order valence-corrected chi connectivity index (χ2v) is 5.25. The first-order valence-electron chi connectivity index (χ1n) is 6.37. The van der Waals surface area contributed by atoms with Crippen molar-refractivity contribution in [1.82, 2.24) is 9.97 Å². The molecule has 1 fully saturated rings. The van der Waals surface area contributed by atoms with Crippen molar-refractivity contribution in [2.75, 3.05) is 18.4 Å². The number of anilines is 1. The first-order valence-corrected chi connectivity index (χ1v) is 6.37. The van der Waals surface area contributed by atoms with Crippen molar-refractivity contribution in [2.24, 2.45) is 11.1 Å². The fraction of sp³-hybridized carbons (Fsp3) is 0.462. The van der Waals surface area contributed by atoms with Gasteiger partial charge in [0, 0.05) is 12.2 Å². The summed E-state index contributed by atoms with van der Waals surface area (Å²) in [6, 6.07) is 5.84. The van der Waals surface area contributed by atoms with Gasteiger partial charge in [-0.3, -0.25) is 0 Å². The molecule has 0 atom stereocenters. The first kappa shape index (κ1) is 11.3. The molecule has 1 saturated carbocycles. The van der Waals surface area contributed by atoms with Crippen LogP contribution in [0.4, 0.5) is 5.69 Å². The Kier molecular flexibility index (Phi) is 2.63. The summed E-state index contributed by atoms with van der Waals surface area (Å²) in [4.78, 5) is 16.7. The van der Waals surface area contributed by atoms with Gasteiger partial charge in [-0.05, 0) is 43.0 Å². The van der Waals surface area contributed by atoms with Gasteiger partial charge in [0.15, 0.2) is 0 Å². The molecule has 0 amide bonds. The highest BCUT2D eigenvalue weighted by molar-refractivity contribution is 5.78. The van der Waals surface area contributed by atoms with Crippen molar-refractivity contribution in [3.05, 3.63) is 28.7 Å². The number of nitrogens with one attached hydrogen (secondary N) is 3. The van der Waals surface area contributed by atoms with Gasteiger partial charge in [-0.15, -0.1) is 0 Å². The van der Waals surface area contributed by atoms with Gasteiger partial charge in [0.05, 0.1) is 11.0 Å². The van der Waals surface area contributed by atoms with Crippen molar-refractivity contribution in [3.63, 3.8) is 0 Å². The van der Waals surface area contributed by atoms with Gasteiger partial charge in [-0.2, -0.15) is 0 Å². The highest BCUT2D eigenvalue weighted by Crippen LogP contribution is 2.39. The third-order valence-electron chi connectivity index (χ3n) is 4.03. The van der Waals surface area contributed by atoms with Crippen molar-refractivity contribution in [2.45, 2.75) is 19.3 Å². The molecular weight excluding hydrogens is 228 g/mol. The Morgan fingerprint density at radius 3 is 2.72 bits per heavy atom. The van der Waals surface area contributed by atoms with E-state index < -0.39 is 0 Å². The van der Waals surface area contributed by atoms with Crippen LogP contribution in [0.15, 0.2) is 23.0 Å². The lowest BCUT2D eigenvalue weighted by Crippen LogP contribution is -2.42. The largest absolute Gasteiger partial charge is 0.384 e. The van der Waals surface area contributed by atoms with Crippen LogP contribution in [0.2, 0.25) is 0 Å². The number of benzene rings is 1. The number of imidazole rings is 1. The normalized spacial score (nSPS) is 17.6. The lowest BCUT2D eigenvalue weighted by molar-refractivity contribution is 0.163. The molecule has 3 rings (SSSR count). The van der Waals surface area contributed by atoms with Gasteiger partial charge in [-0.25, -0.2) is 4.79 Å². The Balaban J connectivity index is 1.76. The number of aromatic amines is 2. The molecule has 18 heavy (non-hydrogen) atoms. The Hall–Kier alpha value is -1.75. The summed E-state index contributed by atoms with van der Waals surface area (Å²) >= 11 is 0. The van der Waals surface area contributed by atoms with Crippen LogP contribution < -0.4 is 16.7 Å². The van der Waals surface area contributed by atoms with Crippen LogP contribution in [-0.4, -0.2) is 23.1 Å². The maximum Gasteiger partial charge on any atom is 0.323 e. The third-order valence-corrected chi connectivity index (χ3v) is 4.03. The van der Waals surface area contributed by atoms with Crippen LogP contribution in [0.1, 0.15) is 19.3 Å². The standard InChI is InChI=1S/C13H18N4O/c14-7-13(4-1-5-13)8-15-9-2-3-10-11(6-9)17-12(18)16-10/h2-3,6,15H,1,4-5,7-8,14H2,(H2,16,17,18). The molecule has 0 bridgehead atoms. The Labute approximate surface area is 105 Å². The Morgan fingerprint density at radius 1 is 1.28 bits per heavy atom. The van der Waals surface area contributed by atoms with E-state index in [0.717, 1.165) is 29.8 Å². The van der Waals surface area contributed by atoms with E-state index in [1.54, 1.807) is 0 Å². The van der Waals surface area contributed by atoms with E-state index >= 15 is 0 Å². The summed E-state index contributed by atoms with van der Waals surface area (Å²) in [7, 11) is 0. The molecule has 0 radical (unpaired) electrons.